The molecule has 0 bridgehead atoms. The van der Waals surface area contributed by atoms with Crippen LogP contribution in [0.4, 0.5) is 4.79 Å². The van der Waals surface area contributed by atoms with E-state index in [-0.39, 0.29) is 42.6 Å². The molecule has 1 fully saturated rings. The highest BCUT2D eigenvalue weighted by Gasteiger charge is 2.22. The lowest BCUT2D eigenvalue weighted by atomic mass is 9.98. The summed E-state index contributed by atoms with van der Waals surface area (Å²) in [7, 11) is 2.84. The smallest absolute Gasteiger partial charge is 0.407 e. The molecule has 44 heavy (non-hydrogen) atoms. The average Bonchev–Trinajstić information content (AvgIpc) is 3.47. The van der Waals surface area contributed by atoms with E-state index in [1.807, 2.05) is 18.2 Å². The van der Waals surface area contributed by atoms with E-state index in [9.17, 15) is 14.4 Å². The Morgan fingerprint density at radius 2 is 1.55 bits per heavy atom. The maximum Gasteiger partial charge on any atom is 0.407 e. The van der Waals surface area contributed by atoms with Crippen LogP contribution in [0.15, 0.2) is 48.8 Å². The van der Waals surface area contributed by atoms with Crippen LogP contribution in [0.2, 0.25) is 10.0 Å². The number of carbonyl (C=O) groups excluding carboxylic acids is 3. The molecular formula is C30H26Cl2N6O6. The molecule has 0 unspecified atom stereocenters. The summed E-state index contributed by atoms with van der Waals surface area (Å²) in [5.41, 5.74) is 3.61. The van der Waals surface area contributed by atoms with Crippen molar-refractivity contribution < 1.29 is 28.6 Å². The molecule has 14 heteroatoms. The Hall–Kier alpha value is -4.81. The van der Waals surface area contributed by atoms with Gasteiger partial charge in [-0.1, -0.05) is 59.6 Å². The van der Waals surface area contributed by atoms with Crippen LogP contribution in [-0.2, 0) is 16.1 Å². The van der Waals surface area contributed by atoms with Gasteiger partial charge in [-0.05, 0) is 6.42 Å². The minimum Gasteiger partial charge on any atom is -0.480 e. The molecule has 0 saturated carbocycles. The van der Waals surface area contributed by atoms with E-state index in [1.54, 1.807) is 18.2 Å². The first-order valence-electron chi connectivity index (χ1n) is 13.4. The van der Waals surface area contributed by atoms with Gasteiger partial charge in [-0.25, -0.2) is 24.7 Å². The zero-order chi connectivity index (χ0) is 31.2. The molecule has 4 aromatic rings. The third-order valence-electron chi connectivity index (χ3n) is 6.83. The molecule has 1 aliphatic rings. The van der Waals surface area contributed by atoms with E-state index in [0.717, 1.165) is 0 Å². The number of halogens is 2. The van der Waals surface area contributed by atoms with E-state index < -0.39 is 6.09 Å². The number of alkyl carbamates (subject to hydrolysis) is 1. The monoisotopic (exact) mass is 636 g/mol. The summed E-state index contributed by atoms with van der Waals surface area (Å²) in [6.45, 7) is 0.0825. The number of benzene rings is 2. The summed E-state index contributed by atoms with van der Waals surface area (Å²) in [5.74, 6) is 0.205. The Labute approximate surface area is 262 Å². The quantitative estimate of drug-likeness (QED) is 0.229. The lowest BCUT2D eigenvalue weighted by molar-refractivity contribution is -0.119. The number of rotatable bonds is 10. The van der Waals surface area contributed by atoms with E-state index in [4.69, 9.17) is 37.4 Å². The van der Waals surface area contributed by atoms with Gasteiger partial charge in [-0.15, -0.1) is 0 Å². The predicted molar refractivity (Wildman–Crippen MR) is 162 cm³/mol. The molecule has 0 spiro atoms. The molecule has 1 aliphatic heterocycles. The lowest BCUT2D eigenvalue weighted by Gasteiger charge is -2.15. The van der Waals surface area contributed by atoms with Gasteiger partial charge < -0.3 is 24.8 Å². The van der Waals surface area contributed by atoms with Gasteiger partial charge in [0.2, 0.25) is 17.7 Å². The van der Waals surface area contributed by atoms with Crippen LogP contribution < -0.4 is 20.1 Å². The van der Waals surface area contributed by atoms with Gasteiger partial charge in [0.15, 0.2) is 12.0 Å². The minimum atomic E-state index is -0.655. The molecule has 12 nitrogen and oxygen atoms in total. The Balaban J connectivity index is 1.37. The van der Waals surface area contributed by atoms with Crippen molar-refractivity contribution in [1.82, 2.24) is 30.6 Å². The summed E-state index contributed by atoms with van der Waals surface area (Å²) in [5, 5.41) is 6.13. The fraction of sp³-hybridized carbons (Fsp3) is 0.233. The van der Waals surface area contributed by atoms with Gasteiger partial charge in [-0.3, -0.25) is 9.59 Å². The topological polar surface area (TPSA) is 155 Å². The zero-order valence-electron chi connectivity index (χ0n) is 23.6. The largest absolute Gasteiger partial charge is 0.480 e. The number of hydrogen-bond acceptors (Lipinski definition) is 10. The molecular weight excluding hydrogens is 611 g/mol. The number of nitrogens with one attached hydrogen (secondary N) is 2. The molecule has 0 aliphatic carbocycles. The van der Waals surface area contributed by atoms with Crippen LogP contribution in [0.5, 0.6) is 11.8 Å². The van der Waals surface area contributed by atoms with E-state index >= 15 is 0 Å². The molecule has 2 amide bonds. The first-order chi connectivity index (χ1) is 21.3. The highest BCUT2D eigenvalue weighted by atomic mass is 35.5. The predicted octanol–water partition coefficient (Wildman–Crippen LogP) is 4.91. The second-order valence-corrected chi connectivity index (χ2v) is 10.3. The number of methoxy groups -OCH3 is 2. The number of ether oxygens (including phenoxy) is 3. The van der Waals surface area contributed by atoms with Crippen molar-refractivity contribution in [2.75, 3.05) is 20.8 Å². The number of aromatic nitrogens is 4. The molecule has 2 N–H and O–H groups in total. The fourth-order valence-electron chi connectivity index (χ4n) is 4.63. The van der Waals surface area contributed by atoms with Gasteiger partial charge in [0.05, 0.1) is 48.0 Å². The number of carbonyl (C=O) groups is 3. The van der Waals surface area contributed by atoms with Crippen molar-refractivity contribution in [2.24, 2.45) is 0 Å². The number of nitrogens with zero attached hydrogens (tertiary/aromatic N) is 4. The number of aldehydes is 1. The molecule has 2 aromatic carbocycles. The highest BCUT2D eigenvalue weighted by molar-refractivity contribution is 6.39. The maximum atomic E-state index is 12.2. The molecule has 1 atom stereocenters. The van der Waals surface area contributed by atoms with Crippen LogP contribution >= 0.6 is 23.2 Å². The van der Waals surface area contributed by atoms with E-state index in [1.165, 1.54) is 26.6 Å². The SMILES string of the molecule is COc1nc(-c2cccc(-c3cccc(-c4cnc(COC(=O)NC[C@@H]5CCC(=O)N5)c(OC)n4)c3Cl)c2Cl)cnc1C=O. The van der Waals surface area contributed by atoms with Crippen LogP contribution in [0, 0.1) is 0 Å². The highest BCUT2D eigenvalue weighted by Crippen LogP contribution is 2.42. The van der Waals surface area contributed by atoms with Gasteiger partial charge in [0.25, 0.3) is 0 Å². The Kier molecular flexibility index (Phi) is 9.51. The van der Waals surface area contributed by atoms with Crippen molar-refractivity contribution in [1.29, 1.82) is 0 Å². The van der Waals surface area contributed by atoms with Crippen molar-refractivity contribution in [3.63, 3.8) is 0 Å². The van der Waals surface area contributed by atoms with E-state index in [0.29, 0.717) is 68.5 Å². The van der Waals surface area contributed by atoms with Crippen LogP contribution in [-0.4, -0.2) is 65.0 Å². The van der Waals surface area contributed by atoms with Gasteiger partial charge in [0, 0.05) is 41.3 Å². The first-order valence-corrected chi connectivity index (χ1v) is 14.1. The summed E-state index contributed by atoms with van der Waals surface area (Å²) in [6, 6.07) is 10.7. The van der Waals surface area contributed by atoms with Gasteiger partial charge in [-0.2, -0.15) is 0 Å². The maximum absolute atomic E-state index is 12.2. The van der Waals surface area contributed by atoms with Crippen molar-refractivity contribution in [2.45, 2.75) is 25.5 Å². The standard InChI is InChI=1S/C30H26Cl2N6O6/c1-42-28-23(14-39)33-12-21(37-28)19-7-3-5-17(26(19)31)18-6-4-8-20(27(18)32)22-13-34-24(29(38-22)43-2)15-44-30(41)35-11-16-9-10-25(40)36-16/h3-8,12-14,16H,9-11,15H2,1-2H3,(H,35,41)(H,36,40)/t16-/m0/s1. The lowest BCUT2D eigenvalue weighted by Crippen LogP contribution is -2.38. The van der Waals surface area contributed by atoms with Gasteiger partial charge >= 0.3 is 6.09 Å². The van der Waals surface area contributed by atoms with E-state index in [2.05, 4.69) is 30.6 Å². The van der Waals surface area contributed by atoms with Crippen molar-refractivity contribution in [3.05, 3.63) is 70.2 Å². The summed E-state index contributed by atoms with van der Waals surface area (Å²) in [6.07, 6.45) is 3.96. The van der Waals surface area contributed by atoms with Crippen LogP contribution in [0.1, 0.15) is 29.0 Å². The molecule has 226 valence electrons. The summed E-state index contributed by atoms with van der Waals surface area (Å²) >= 11 is 13.8. The molecule has 1 saturated heterocycles. The Bertz CT molecular complexity index is 1740. The zero-order valence-corrected chi connectivity index (χ0v) is 25.1. The van der Waals surface area contributed by atoms with Crippen molar-refractivity contribution in [3.8, 4) is 45.4 Å². The van der Waals surface area contributed by atoms with Crippen LogP contribution in [0.3, 0.4) is 0 Å². The first kappa shape index (κ1) is 30.6. The van der Waals surface area contributed by atoms with Crippen LogP contribution in [0.25, 0.3) is 33.6 Å². The third-order valence-corrected chi connectivity index (χ3v) is 7.65. The minimum absolute atomic E-state index is 0.0364. The number of amides is 2. The molecule has 0 radical (unpaired) electrons. The van der Waals surface area contributed by atoms with Crippen molar-refractivity contribution >= 4 is 41.5 Å². The third kappa shape index (κ3) is 6.56. The molecule has 5 rings (SSSR count). The summed E-state index contributed by atoms with van der Waals surface area (Å²) < 4.78 is 15.9. The summed E-state index contributed by atoms with van der Waals surface area (Å²) in [4.78, 5) is 52.2. The number of hydrogen-bond donors (Lipinski definition) is 2. The molecule has 2 aromatic heterocycles. The molecule has 3 heterocycles. The average molecular weight is 637 g/mol. The normalized spacial score (nSPS) is 14.1. The Morgan fingerprint density at radius 1 is 0.955 bits per heavy atom. The fourth-order valence-corrected chi connectivity index (χ4v) is 5.28. The second kappa shape index (κ2) is 13.7. The Morgan fingerprint density at radius 3 is 2.11 bits per heavy atom. The van der Waals surface area contributed by atoms with Gasteiger partial charge in [0.1, 0.15) is 12.3 Å². The second-order valence-electron chi connectivity index (χ2n) is 9.57.